The Morgan fingerprint density at radius 1 is 1.20 bits per heavy atom. The Hall–Kier alpha value is -1.23. The SMILES string of the molecule is COc1cc(Cl)cc(CN)c1OCc1ccccc1Br. The van der Waals surface area contributed by atoms with Crippen molar-refractivity contribution in [2.75, 3.05) is 7.11 Å². The summed E-state index contributed by atoms with van der Waals surface area (Å²) in [6, 6.07) is 11.4. The molecule has 2 N–H and O–H groups in total. The number of rotatable bonds is 5. The Balaban J connectivity index is 2.27. The highest BCUT2D eigenvalue weighted by Crippen LogP contribution is 2.35. The van der Waals surface area contributed by atoms with Gasteiger partial charge in [0.15, 0.2) is 11.5 Å². The summed E-state index contributed by atoms with van der Waals surface area (Å²) in [6.45, 7) is 0.759. The van der Waals surface area contributed by atoms with Gasteiger partial charge in [-0.3, -0.25) is 0 Å². The van der Waals surface area contributed by atoms with Crippen LogP contribution in [-0.4, -0.2) is 7.11 Å². The van der Waals surface area contributed by atoms with Gasteiger partial charge in [-0.25, -0.2) is 0 Å². The van der Waals surface area contributed by atoms with E-state index >= 15 is 0 Å². The van der Waals surface area contributed by atoms with E-state index in [1.807, 2.05) is 24.3 Å². The summed E-state index contributed by atoms with van der Waals surface area (Å²) in [5, 5.41) is 0.579. The first-order chi connectivity index (χ1) is 9.65. The molecule has 0 amide bonds. The van der Waals surface area contributed by atoms with Crippen molar-refractivity contribution >= 4 is 27.5 Å². The highest BCUT2D eigenvalue weighted by atomic mass is 79.9. The van der Waals surface area contributed by atoms with E-state index in [0.29, 0.717) is 29.7 Å². The minimum atomic E-state index is 0.336. The molecular formula is C15H15BrClNO2. The van der Waals surface area contributed by atoms with E-state index in [4.69, 9.17) is 26.8 Å². The first-order valence-corrected chi connectivity index (χ1v) is 7.25. The summed E-state index contributed by atoms with van der Waals surface area (Å²) in [5.41, 5.74) is 7.61. The molecule has 3 nitrogen and oxygen atoms in total. The largest absolute Gasteiger partial charge is 0.493 e. The molecule has 0 atom stereocenters. The minimum Gasteiger partial charge on any atom is -0.493 e. The van der Waals surface area contributed by atoms with Crippen LogP contribution in [0.3, 0.4) is 0 Å². The first-order valence-electron chi connectivity index (χ1n) is 6.08. The zero-order chi connectivity index (χ0) is 14.5. The molecule has 0 aliphatic carbocycles. The molecule has 0 aliphatic heterocycles. The van der Waals surface area contributed by atoms with Crippen LogP contribution in [0.25, 0.3) is 0 Å². The van der Waals surface area contributed by atoms with Gasteiger partial charge in [0.25, 0.3) is 0 Å². The smallest absolute Gasteiger partial charge is 0.166 e. The molecule has 0 heterocycles. The van der Waals surface area contributed by atoms with Crippen molar-refractivity contribution in [2.24, 2.45) is 5.73 Å². The zero-order valence-corrected chi connectivity index (χ0v) is 13.4. The number of ether oxygens (including phenoxy) is 2. The molecule has 2 aromatic rings. The normalized spacial score (nSPS) is 10.4. The van der Waals surface area contributed by atoms with Gasteiger partial charge in [0, 0.05) is 33.2 Å². The maximum Gasteiger partial charge on any atom is 0.166 e. The number of methoxy groups -OCH3 is 1. The second-order valence-corrected chi connectivity index (χ2v) is 5.47. The zero-order valence-electron chi connectivity index (χ0n) is 11.0. The summed E-state index contributed by atoms with van der Waals surface area (Å²) in [7, 11) is 1.58. The van der Waals surface area contributed by atoms with E-state index in [1.54, 1.807) is 19.2 Å². The van der Waals surface area contributed by atoms with E-state index < -0.39 is 0 Å². The molecule has 2 aromatic carbocycles. The lowest BCUT2D eigenvalue weighted by Crippen LogP contribution is -2.05. The first kappa shape index (κ1) is 15.2. The van der Waals surface area contributed by atoms with Gasteiger partial charge >= 0.3 is 0 Å². The number of benzene rings is 2. The van der Waals surface area contributed by atoms with Gasteiger partial charge in [0.2, 0.25) is 0 Å². The van der Waals surface area contributed by atoms with Crippen molar-refractivity contribution < 1.29 is 9.47 Å². The number of nitrogens with two attached hydrogens (primary N) is 1. The van der Waals surface area contributed by atoms with Crippen LogP contribution in [-0.2, 0) is 13.2 Å². The number of halogens is 2. The van der Waals surface area contributed by atoms with E-state index in [0.717, 1.165) is 15.6 Å². The molecule has 0 bridgehead atoms. The lowest BCUT2D eigenvalue weighted by Gasteiger charge is -2.15. The monoisotopic (exact) mass is 355 g/mol. The van der Waals surface area contributed by atoms with E-state index in [-0.39, 0.29) is 0 Å². The third kappa shape index (κ3) is 3.45. The van der Waals surface area contributed by atoms with E-state index in [1.165, 1.54) is 0 Å². The fourth-order valence-corrected chi connectivity index (χ4v) is 2.49. The Bertz CT molecular complexity index is 579. The van der Waals surface area contributed by atoms with Crippen molar-refractivity contribution in [3.05, 3.63) is 57.0 Å². The molecule has 5 heteroatoms. The molecule has 2 rings (SSSR count). The molecule has 0 aromatic heterocycles. The van der Waals surface area contributed by atoms with Crippen LogP contribution in [0.4, 0.5) is 0 Å². The van der Waals surface area contributed by atoms with Gasteiger partial charge in [0.1, 0.15) is 6.61 Å². The quantitative estimate of drug-likeness (QED) is 0.875. The molecule has 0 radical (unpaired) electrons. The molecule has 0 aliphatic rings. The van der Waals surface area contributed by atoms with Crippen LogP contribution in [0.1, 0.15) is 11.1 Å². The summed E-state index contributed by atoms with van der Waals surface area (Å²) >= 11 is 9.52. The van der Waals surface area contributed by atoms with Crippen LogP contribution in [0.15, 0.2) is 40.9 Å². The molecule has 0 fully saturated rings. The molecule has 0 unspecified atom stereocenters. The standard InChI is InChI=1S/C15H15BrClNO2/c1-19-14-7-12(17)6-11(8-18)15(14)20-9-10-4-2-3-5-13(10)16/h2-7H,8-9,18H2,1H3. The van der Waals surface area contributed by atoms with Crippen molar-refractivity contribution in [1.29, 1.82) is 0 Å². The van der Waals surface area contributed by atoms with Crippen molar-refractivity contribution in [3.8, 4) is 11.5 Å². The Morgan fingerprint density at radius 3 is 2.60 bits per heavy atom. The van der Waals surface area contributed by atoms with Crippen molar-refractivity contribution in [1.82, 2.24) is 0 Å². The lowest BCUT2D eigenvalue weighted by molar-refractivity contribution is 0.281. The van der Waals surface area contributed by atoms with Crippen molar-refractivity contribution in [3.63, 3.8) is 0 Å². The predicted octanol–water partition coefficient (Wildman–Crippen LogP) is 4.15. The fourth-order valence-electron chi connectivity index (χ4n) is 1.86. The molecule has 106 valence electrons. The van der Waals surface area contributed by atoms with Crippen molar-refractivity contribution in [2.45, 2.75) is 13.2 Å². The van der Waals surface area contributed by atoms with Crippen LogP contribution >= 0.6 is 27.5 Å². The van der Waals surface area contributed by atoms with Gasteiger partial charge in [-0.1, -0.05) is 45.7 Å². The lowest BCUT2D eigenvalue weighted by atomic mass is 10.2. The molecular weight excluding hydrogens is 342 g/mol. The van der Waals surface area contributed by atoms with Crippen LogP contribution in [0.2, 0.25) is 5.02 Å². The maximum atomic E-state index is 6.02. The second kappa shape index (κ2) is 6.97. The average molecular weight is 357 g/mol. The number of hydrogen-bond acceptors (Lipinski definition) is 3. The highest BCUT2D eigenvalue weighted by molar-refractivity contribution is 9.10. The molecule has 0 spiro atoms. The van der Waals surface area contributed by atoms with E-state index in [9.17, 15) is 0 Å². The topological polar surface area (TPSA) is 44.5 Å². The highest BCUT2D eigenvalue weighted by Gasteiger charge is 2.12. The molecule has 20 heavy (non-hydrogen) atoms. The van der Waals surface area contributed by atoms with Gasteiger partial charge in [-0.15, -0.1) is 0 Å². The summed E-state index contributed by atoms with van der Waals surface area (Å²) in [4.78, 5) is 0. The Labute approximate surface area is 131 Å². The molecule has 0 saturated heterocycles. The third-order valence-electron chi connectivity index (χ3n) is 2.87. The Kier molecular flexibility index (Phi) is 5.29. The average Bonchev–Trinajstić information content (AvgIpc) is 2.46. The van der Waals surface area contributed by atoms with Crippen LogP contribution in [0, 0.1) is 0 Å². The van der Waals surface area contributed by atoms with Gasteiger partial charge in [0.05, 0.1) is 7.11 Å². The minimum absolute atomic E-state index is 0.336. The second-order valence-electron chi connectivity index (χ2n) is 4.18. The van der Waals surface area contributed by atoms with Crippen LogP contribution < -0.4 is 15.2 Å². The number of hydrogen-bond donors (Lipinski definition) is 1. The summed E-state index contributed by atoms with van der Waals surface area (Å²) < 4.78 is 12.2. The fraction of sp³-hybridized carbons (Fsp3) is 0.200. The molecule has 0 saturated carbocycles. The Morgan fingerprint density at radius 2 is 1.95 bits per heavy atom. The van der Waals surface area contributed by atoms with E-state index in [2.05, 4.69) is 15.9 Å². The van der Waals surface area contributed by atoms with Gasteiger partial charge in [-0.05, 0) is 12.1 Å². The van der Waals surface area contributed by atoms with Gasteiger partial charge < -0.3 is 15.2 Å². The predicted molar refractivity (Wildman–Crippen MR) is 84.4 cm³/mol. The van der Waals surface area contributed by atoms with Crippen LogP contribution in [0.5, 0.6) is 11.5 Å². The van der Waals surface area contributed by atoms with Gasteiger partial charge in [-0.2, -0.15) is 0 Å². The maximum absolute atomic E-state index is 6.02. The summed E-state index contributed by atoms with van der Waals surface area (Å²) in [5.74, 6) is 1.22. The third-order valence-corrected chi connectivity index (χ3v) is 3.86. The summed E-state index contributed by atoms with van der Waals surface area (Å²) in [6.07, 6.45) is 0.